The lowest BCUT2D eigenvalue weighted by atomic mass is 10.0. The molecule has 2 aromatic carbocycles. The number of benzene rings is 2. The third kappa shape index (κ3) is 2.98. The minimum atomic E-state index is -0.603. The first-order valence-corrected chi connectivity index (χ1v) is 6.78. The van der Waals surface area contributed by atoms with E-state index in [1.54, 1.807) is 13.3 Å². The van der Waals surface area contributed by atoms with Crippen molar-refractivity contribution in [2.24, 2.45) is 20.4 Å². The number of urea groups is 1. The van der Waals surface area contributed by atoms with Crippen LogP contribution in [0.3, 0.4) is 0 Å². The maximum atomic E-state index is 11.2. The molecule has 1 N–H and O–H groups in total. The van der Waals surface area contributed by atoms with Gasteiger partial charge in [0.1, 0.15) is 11.4 Å². The molecular formula is C16H13N5O2. The molecule has 0 spiro atoms. The van der Waals surface area contributed by atoms with Gasteiger partial charge in [0, 0.05) is 5.56 Å². The standard InChI is InChI=1S/C16H13N5O2/c1-10-15(18-16(22)21-19-10)20-17-9-13-12-6-4-3-5-11(12)7-8-14(13)23-2/h3-9H,1H2,2H3,(H,18,20,22)/b17-9+. The van der Waals surface area contributed by atoms with Crippen molar-refractivity contribution in [1.29, 1.82) is 0 Å². The molecule has 1 heterocycles. The molecule has 7 heteroatoms. The highest BCUT2D eigenvalue weighted by Crippen LogP contribution is 2.26. The van der Waals surface area contributed by atoms with E-state index < -0.39 is 6.03 Å². The molecule has 0 atom stereocenters. The Kier molecular flexibility index (Phi) is 3.92. The van der Waals surface area contributed by atoms with E-state index in [2.05, 4.69) is 32.3 Å². The number of nitrogens with zero attached hydrogens (tertiary/aromatic N) is 4. The van der Waals surface area contributed by atoms with Gasteiger partial charge in [0.2, 0.25) is 0 Å². The van der Waals surface area contributed by atoms with Crippen LogP contribution in [0.2, 0.25) is 0 Å². The summed E-state index contributed by atoms with van der Waals surface area (Å²) in [5.74, 6) is 0.847. The summed E-state index contributed by atoms with van der Waals surface area (Å²) in [5, 5.41) is 19.3. The van der Waals surface area contributed by atoms with Crippen LogP contribution in [0.25, 0.3) is 10.8 Å². The van der Waals surface area contributed by atoms with Crippen molar-refractivity contribution in [3.63, 3.8) is 0 Å². The number of amides is 2. The fourth-order valence-corrected chi connectivity index (χ4v) is 2.17. The third-order valence-electron chi connectivity index (χ3n) is 3.26. The number of ether oxygens (including phenoxy) is 1. The molecule has 0 fully saturated rings. The van der Waals surface area contributed by atoms with Crippen LogP contribution in [0.1, 0.15) is 5.56 Å². The van der Waals surface area contributed by atoms with E-state index in [1.165, 1.54) is 0 Å². The average molecular weight is 307 g/mol. The fourth-order valence-electron chi connectivity index (χ4n) is 2.17. The van der Waals surface area contributed by atoms with Crippen LogP contribution in [-0.2, 0) is 0 Å². The predicted molar refractivity (Wildman–Crippen MR) is 88.1 cm³/mol. The molecule has 3 rings (SSSR count). The van der Waals surface area contributed by atoms with Gasteiger partial charge in [-0.2, -0.15) is 5.10 Å². The highest BCUT2D eigenvalue weighted by Gasteiger charge is 2.14. The van der Waals surface area contributed by atoms with Crippen LogP contribution in [-0.4, -0.2) is 25.2 Å². The second-order valence-electron chi connectivity index (χ2n) is 4.67. The lowest BCUT2D eigenvalue weighted by molar-refractivity contribution is 0.251. The molecule has 23 heavy (non-hydrogen) atoms. The first-order valence-electron chi connectivity index (χ1n) is 6.78. The number of fused-ring (bicyclic) bond motifs is 1. The molecular weight excluding hydrogens is 294 g/mol. The van der Waals surface area contributed by atoms with Gasteiger partial charge in [-0.3, -0.25) is 5.32 Å². The number of carbonyl (C=O) groups excluding carboxylic acids is 1. The second kappa shape index (κ2) is 6.18. The number of amidine groups is 1. The van der Waals surface area contributed by atoms with Gasteiger partial charge >= 0.3 is 6.03 Å². The normalized spacial score (nSPS) is 16.3. The molecule has 7 nitrogen and oxygen atoms in total. The Morgan fingerprint density at radius 1 is 1.22 bits per heavy atom. The Morgan fingerprint density at radius 3 is 2.87 bits per heavy atom. The molecule has 0 unspecified atom stereocenters. The van der Waals surface area contributed by atoms with Crippen LogP contribution < -0.4 is 10.1 Å². The quantitative estimate of drug-likeness (QED) is 0.696. The van der Waals surface area contributed by atoms with Crippen molar-refractivity contribution >= 4 is 28.9 Å². The van der Waals surface area contributed by atoms with E-state index in [0.717, 1.165) is 16.3 Å². The summed E-state index contributed by atoms with van der Waals surface area (Å²) in [4.78, 5) is 11.2. The van der Waals surface area contributed by atoms with Gasteiger partial charge in [0.15, 0.2) is 5.84 Å². The van der Waals surface area contributed by atoms with Crippen LogP contribution in [0.5, 0.6) is 5.75 Å². The van der Waals surface area contributed by atoms with Crippen molar-refractivity contribution in [3.05, 3.63) is 54.2 Å². The summed E-state index contributed by atoms with van der Waals surface area (Å²) in [6.45, 7) is 3.63. The second-order valence-corrected chi connectivity index (χ2v) is 4.67. The SMILES string of the molecule is C=C1N=NC(=O)N/C1=N/N=C/c1c(OC)ccc2ccccc12. The van der Waals surface area contributed by atoms with E-state index in [4.69, 9.17) is 4.74 Å². The van der Waals surface area contributed by atoms with Crippen molar-refractivity contribution in [3.8, 4) is 5.75 Å². The van der Waals surface area contributed by atoms with Gasteiger partial charge in [-0.1, -0.05) is 42.0 Å². The summed E-state index contributed by atoms with van der Waals surface area (Å²) in [7, 11) is 1.59. The van der Waals surface area contributed by atoms with Gasteiger partial charge in [-0.25, -0.2) is 4.79 Å². The highest BCUT2D eigenvalue weighted by molar-refractivity contribution is 6.09. The van der Waals surface area contributed by atoms with E-state index >= 15 is 0 Å². The number of methoxy groups -OCH3 is 1. The molecule has 2 amide bonds. The number of hydrogen-bond donors (Lipinski definition) is 1. The number of nitrogens with one attached hydrogen (secondary N) is 1. The van der Waals surface area contributed by atoms with E-state index in [1.807, 2.05) is 36.4 Å². The molecule has 1 aliphatic rings. The Bertz CT molecular complexity index is 883. The number of carbonyl (C=O) groups is 1. The number of hydrogen-bond acceptors (Lipinski definition) is 5. The molecule has 0 aliphatic carbocycles. The monoisotopic (exact) mass is 307 g/mol. The van der Waals surface area contributed by atoms with Gasteiger partial charge in [0.05, 0.1) is 13.3 Å². The molecule has 0 saturated carbocycles. The van der Waals surface area contributed by atoms with Crippen LogP contribution in [0.4, 0.5) is 4.79 Å². The number of azo groups is 1. The zero-order valence-electron chi connectivity index (χ0n) is 12.4. The van der Waals surface area contributed by atoms with Crippen LogP contribution in [0, 0.1) is 0 Å². The fraction of sp³-hybridized carbons (Fsp3) is 0.0625. The first kappa shape index (κ1) is 14.6. The minimum absolute atomic E-state index is 0.167. The van der Waals surface area contributed by atoms with Crippen LogP contribution >= 0.6 is 0 Å². The van der Waals surface area contributed by atoms with Crippen molar-refractivity contribution in [2.45, 2.75) is 0 Å². The van der Waals surface area contributed by atoms with Gasteiger partial charge < -0.3 is 4.74 Å². The van der Waals surface area contributed by atoms with Crippen molar-refractivity contribution < 1.29 is 9.53 Å². The summed E-state index contributed by atoms with van der Waals surface area (Å²) < 4.78 is 5.37. The zero-order valence-corrected chi connectivity index (χ0v) is 12.4. The molecule has 114 valence electrons. The summed E-state index contributed by atoms with van der Waals surface area (Å²) in [5.41, 5.74) is 1.04. The van der Waals surface area contributed by atoms with Gasteiger partial charge in [0.25, 0.3) is 0 Å². The molecule has 1 aliphatic heterocycles. The lowest BCUT2D eigenvalue weighted by Crippen LogP contribution is -2.31. The zero-order chi connectivity index (χ0) is 16.2. The summed E-state index contributed by atoms with van der Waals surface area (Å²) >= 11 is 0. The van der Waals surface area contributed by atoms with Crippen molar-refractivity contribution in [1.82, 2.24) is 5.32 Å². The Labute approximate surface area is 132 Å². The number of rotatable bonds is 3. The van der Waals surface area contributed by atoms with Gasteiger partial charge in [-0.15, -0.1) is 10.2 Å². The summed E-state index contributed by atoms with van der Waals surface area (Å²) in [6.07, 6.45) is 1.57. The first-order chi connectivity index (χ1) is 11.2. The highest BCUT2D eigenvalue weighted by atomic mass is 16.5. The van der Waals surface area contributed by atoms with Gasteiger partial charge in [-0.05, 0) is 16.8 Å². The predicted octanol–water partition coefficient (Wildman–Crippen LogP) is 3.27. The van der Waals surface area contributed by atoms with E-state index in [-0.39, 0.29) is 11.5 Å². The van der Waals surface area contributed by atoms with E-state index in [0.29, 0.717) is 5.75 Å². The molecule has 0 aromatic heterocycles. The molecule has 2 aromatic rings. The average Bonchev–Trinajstić information content (AvgIpc) is 2.58. The summed E-state index contributed by atoms with van der Waals surface area (Å²) in [6, 6.07) is 11.1. The molecule has 0 bridgehead atoms. The van der Waals surface area contributed by atoms with E-state index in [9.17, 15) is 4.79 Å². The topological polar surface area (TPSA) is 87.8 Å². The minimum Gasteiger partial charge on any atom is -0.496 e. The third-order valence-corrected chi connectivity index (χ3v) is 3.26. The largest absolute Gasteiger partial charge is 0.496 e. The Hall–Kier alpha value is -3.35. The smallest absolute Gasteiger partial charge is 0.365 e. The maximum Gasteiger partial charge on any atom is 0.365 e. The van der Waals surface area contributed by atoms with Crippen molar-refractivity contribution in [2.75, 3.05) is 7.11 Å². The molecule has 0 radical (unpaired) electrons. The Morgan fingerprint density at radius 2 is 2.04 bits per heavy atom. The lowest BCUT2D eigenvalue weighted by Gasteiger charge is -2.08. The Balaban J connectivity index is 1.99. The maximum absolute atomic E-state index is 11.2. The molecule has 0 saturated heterocycles. The van der Waals surface area contributed by atoms with Crippen LogP contribution in [0.15, 0.2) is 69.1 Å².